The highest BCUT2D eigenvalue weighted by molar-refractivity contribution is 5.37. The molecule has 0 spiro atoms. The average molecular weight is 338 g/mol. The first-order chi connectivity index (χ1) is 12.3. The van der Waals surface area contributed by atoms with Crippen molar-refractivity contribution in [1.29, 1.82) is 0 Å². The van der Waals surface area contributed by atoms with Gasteiger partial charge >= 0.3 is 0 Å². The van der Waals surface area contributed by atoms with E-state index >= 15 is 0 Å². The molecule has 0 amide bonds. The average Bonchev–Trinajstić information content (AvgIpc) is 3.23. The lowest BCUT2D eigenvalue weighted by Gasteiger charge is -2.34. The molecule has 3 aromatic heterocycles. The van der Waals surface area contributed by atoms with Crippen LogP contribution in [-0.4, -0.2) is 52.8 Å². The summed E-state index contributed by atoms with van der Waals surface area (Å²) in [6, 6.07) is 6.82. The minimum atomic E-state index is 0.256. The summed E-state index contributed by atoms with van der Waals surface area (Å²) >= 11 is 0. The number of pyridine rings is 1. The van der Waals surface area contributed by atoms with Crippen LogP contribution in [0.2, 0.25) is 0 Å². The molecule has 0 N–H and O–H groups in total. The number of hydrogen-bond acceptors (Lipinski definition) is 6. The van der Waals surface area contributed by atoms with Crippen molar-refractivity contribution in [3.8, 4) is 0 Å². The van der Waals surface area contributed by atoms with E-state index in [1.807, 2.05) is 22.9 Å². The fourth-order valence-electron chi connectivity index (χ4n) is 3.90. The van der Waals surface area contributed by atoms with Crippen LogP contribution in [0.1, 0.15) is 62.3 Å². The van der Waals surface area contributed by atoms with E-state index in [4.69, 9.17) is 0 Å². The Hall–Kier alpha value is -2.35. The Bertz CT molecular complexity index is 872. The lowest BCUT2D eigenvalue weighted by molar-refractivity contribution is 0.151. The molecular weight excluding hydrogens is 316 g/mol. The maximum atomic E-state index is 4.44. The summed E-state index contributed by atoms with van der Waals surface area (Å²) in [5, 5.41) is 21.1. The van der Waals surface area contributed by atoms with Gasteiger partial charge in [-0.1, -0.05) is 6.07 Å². The molecule has 1 saturated carbocycles. The van der Waals surface area contributed by atoms with Crippen molar-refractivity contribution in [2.45, 2.75) is 50.6 Å². The first-order valence-corrected chi connectivity index (χ1v) is 9.13. The van der Waals surface area contributed by atoms with Gasteiger partial charge in [0.05, 0.1) is 12.1 Å². The van der Waals surface area contributed by atoms with Gasteiger partial charge in [-0.3, -0.25) is 9.30 Å². The molecule has 1 atom stereocenters. The Morgan fingerprint density at radius 1 is 1.04 bits per heavy atom. The fourth-order valence-corrected chi connectivity index (χ4v) is 3.90. The molecular formula is C17H22N8. The van der Waals surface area contributed by atoms with Crippen LogP contribution in [0.25, 0.3) is 5.65 Å². The van der Waals surface area contributed by atoms with Crippen molar-refractivity contribution in [2.24, 2.45) is 0 Å². The zero-order valence-corrected chi connectivity index (χ0v) is 14.4. The molecule has 2 fully saturated rings. The summed E-state index contributed by atoms with van der Waals surface area (Å²) in [7, 11) is 0. The topological polar surface area (TPSA) is 77.0 Å². The van der Waals surface area contributed by atoms with E-state index in [2.05, 4.69) is 48.1 Å². The largest absolute Gasteiger partial charge is 0.294 e. The van der Waals surface area contributed by atoms with E-state index in [0.717, 1.165) is 43.2 Å². The first-order valence-electron chi connectivity index (χ1n) is 9.13. The molecule has 1 aliphatic heterocycles. The molecule has 130 valence electrons. The minimum Gasteiger partial charge on any atom is -0.294 e. The van der Waals surface area contributed by atoms with Crippen molar-refractivity contribution >= 4 is 5.65 Å². The van der Waals surface area contributed by atoms with Gasteiger partial charge in [-0.2, -0.15) is 0 Å². The highest BCUT2D eigenvalue weighted by atomic mass is 15.6. The molecule has 0 aromatic carbocycles. The SMILES string of the molecule is CC(c1nnnn1C1CC1)N1CCC(c2nnc3ccccn23)CC1. The van der Waals surface area contributed by atoms with Crippen molar-refractivity contribution in [3.05, 3.63) is 36.0 Å². The number of piperidine rings is 1. The molecule has 8 nitrogen and oxygen atoms in total. The lowest BCUT2D eigenvalue weighted by atomic mass is 9.95. The Morgan fingerprint density at radius 2 is 1.88 bits per heavy atom. The van der Waals surface area contributed by atoms with Crippen molar-refractivity contribution < 1.29 is 0 Å². The van der Waals surface area contributed by atoms with Gasteiger partial charge in [0.1, 0.15) is 5.82 Å². The molecule has 8 heteroatoms. The van der Waals surface area contributed by atoms with E-state index in [0.29, 0.717) is 12.0 Å². The predicted octanol–water partition coefficient (Wildman–Crippen LogP) is 1.99. The number of tetrazole rings is 1. The molecule has 1 aliphatic carbocycles. The summed E-state index contributed by atoms with van der Waals surface area (Å²) in [5.41, 5.74) is 0.928. The monoisotopic (exact) mass is 338 g/mol. The Labute approximate surface area is 145 Å². The molecule has 3 aromatic rings. The minimum absolute atomic E-state index is 0.256. The second-order valence-electron chi connectivity index (χ2n) is 7.19. The quantitative estimate of drug-likeness (QED) is 0.724. The second kappa shape index (κ2) is 5.87. The van der Waals surface area contributed by atoms with Crippen LogP contribution in [0.4, 0.5) is 0 Å². The number of rotatable bonds is 4. The molecule has 1 unspecified atom stereocenters. The smallest absolute Gasteiger partial charge is 0.168 e. The van der Waals surface area contributed by atoms with Gasteiger partial charge in [0.15, 0.2) is 11.5 Å². The summed E-state index contributed by atoms with van der Waals surface area (Å²) in [5.74, 6) is 2.56. The van der Waals surface area contributed by atoms with E-state index in [-0.39, 0.29) is 6.04 Å². The zero-order chi connectivity index (χ0) is 16.8. The third-order valence-electron chi connectivity index (χ3n) is 5.57. The molecule has 2 aliphatic rings. The van der Waals surface area contributed by atoms with Gasteiger partial charge in [-0.25, -0.2) is 4.68 Å². The van der Waals surface area contributed by atoms with Gasteiger partial charge in [0.25, 0.3) is 0 Å². The normalized spacial score (nSPS) is 21.0. The van der Waals surface area contributed by atoms with Crippen molar-refractivity contribution in [2.75, 3.05) is 13.1 Å². The van der Waals surface area contributed by atoms with Crippen molar-refractivity contribution in [3.63, 3.8) is 0 Å². The fraction of sp³-hybridized carbons (Fsp3) is 0.588. The summed E-state index contributed by atoms with van der Waals surface area (Å²) in [6.45, 7) is 4.29. The van der Waals surface area contributed by atoms with Crippen LogP contribution in [-0.2, 0) is 0 Å². The molecule has 0 bridgehead atoms. The van der Waals surface area contributed by atoms with Gasteiger partial charge in [-0.05, 0) is 68.3 Å². The molecule has 25 heavy (non-hydrogen) atoms. The van der Waals surface area contributed by atoms with E-state index in [1.165, 1.54) is 12.8 Å². The first kappa shape index (κ1) is 14.9. The van der Waals surface area contributed by atoms with Crippen LogP contribution in [0, 0.1) is 0 Å². The van der Waals surface area contributed by atoms with Crippen LogP contribution >= 0.6 is 0 Å². The highest BCUT2D eigenvalue weighted by Gasteiger charge is 2.33. The molecule has 5 rings (SSSR count). The summed E-state index contributed by atoms with van der Waals surface area (Å²) in [4.78, 5) is 2.49. The van der Waals surface area contributed by atoms with E-state index < -0.39 is 0 Å². The van der Waals surface area contributed by atoms with Crippen LogP contribution in [0.5, 0.6) is 0 Å². The third-order valence-corrected chi connectivity index (χ3v) is 5.57. The van der Waals surface area contributed by atoms with Gasteiger partial charge < -0.3 is 0 Å². The predicted molar refractivity (Wildman–Crippen MR) is 91.0 cm³/mol. The number of aromatic nitrogens is 7. The number of likely N-dealkylation sites (tertiary alicyclic amines) is 1. The lowest BCUT2D eigenvalue weighted by Crippen LogP contribution is -2.36. The highest BCUT2D eigenvalue weighted by Crippen LogP contribution is 2.37. The second-order valence-corrected chi connectivity index (χ2v) is 7.19. The standard InChI is InChI=1S/C17H22N8/c1-12(16-20-21-22-25(16)14-5-6-14)23-10-7-13(8-11-23)17-19-18-15-4-2-3-9-24(15)17/h2-4,9,12-14H,5-8,10-11H2,1H3. The summed E-state index contributed by atoms with van der Waals surface area (Å²) < 4.78 is 4.15. The number of nitrogens with zero attached hydrogens (tertiary/aromatic N) is 8. The molecule has 0 radical (unpaired) electrons. The number of hydrogen-bond donors (Lipinski definition) is 0. The van der Waals surface area contributed by atoms with Gasteiger partial charge in [0, 0.05) is 12.1 Å². The molecule has 4 heterocycles. The Kier molecular flexibility index (Phi) is 3.51. The third kappa shape index (κ3) is 2.60. The maximum Gasteiger partial charge on any atom is 0.168 e. The Morgan fingerprint density at radius 3 is 2.68 bits per heavy atom. The summed E-state index contributed by atoms with van der Waals surface area (Å²) in [6.07, 6.45) is 6.64. The van der Waals surface area contributed by atoms with Gasteiger partial charge in [0.2, 0.25) is 0 Å². The van der Waals surface area contributed by atoms with E-state index in [9.17, 15) is 0 Å². The molecule has 1 saturated heterocycles. The van der Waals surface area contributed by atoms with Gasteiger partial charge in [-0.15, -0.1) is 15.3 Å². The van der Waals surface area contributed by atoms with Crippen LogP contribution in [0.3, 0.4) is 0 Å². The van der Waals surface area contributed by atoms with Crippen LogP contribution < -0.4 is 0 Å². The maximum absolute atomic E-state index is 4.44. The zero-order valence-electron chi connectivity index (χ0n) is 14.4. The van der Waals surface area contributed by atoms with Crippen molar-refractivity contribution in [1.82, 2.24) is 39.7 Å². The van der Waals surface area contributed by atoms with Crippen LogP contribution in [0.15, 0.2) is 24.4 Å². The number of fused-ring (bicyclic) bond motifs is 1. The van der Waals surface area contributed by atoms with E-state index in [1.54, 1.807) is 0 Å². The Balaban J connectivity index is 1.30.